The standard InChI is InChI=1S/C32H24N6/c1-3-7-23(8-4-1)35-25-11-15-27(16-12-25)37-29-19-20-30(32-31(29)33-21-22-34-32)38-28-17-13-26(14-18-28)36-24-9-5-2-6-10-24/h1-22,35-36H. The van der Waals surface area contributed by atoms with E-state index in [9.17, 15) is 0 Å². The molecule has 0 bridgehead atoms. The summed E-state index contributed by atoms with van der Waals surface area (Å²) in [5.74, 6) is 0. The van der Waals surface area contributed by atoms with E-state index in [4.69, 9.17) is 9.98 Å². The van der Waals surface area contributed by atoms with Gasteiger partial charge in [-0.3, -0.25) is 9.97 Å². The average molecular weight is 493 g/mol. The zero-order chi connectivity index (χ0) is 25.6. The quantitative estimate of drug-likeness (QED) is 0.254. The van der Waals surface area contributed by atoms with Crippen LogP contribution in [0.2, 0.25) is 0 Å². The topological polar surface area (TPSA) is 74.6 Å². The summed E-state index contributed by atoms with van der Waals surface area (Å²) in [6.07, 6.45) is 7.25. The normalized spacial score (nSPS) is 14.3. The third-order valence-electron chi connectivity index (χ3n) is 5.94. The molecule has 38 heavy (non-hydrogen) atoms. The Morgan fingerprint density at radius 2 is 0.789 bits per heavy atom. The van der Waals surface area contributed by atoms with Crippen LogP contribution in [0.4, 0.5) is 34.1 Å². The minimum atomic E-state index is 0.711. The van der Waals surface area contributed by atoms with Crippen LogP contribution in [0, 0.1) is 0 Å². The Morgan fingerprint density at radius 1 is 0.421 bits per heavy atom. The molecule has 1 aromatic heterocycles. The molecule has 1 heterocycles. The summed E-state index contributed by atoms with van der Waals surface area (Å²) in [4.78, 5) is 18.8. The lowest BCUT2D eigenvalue weighted by atomic mass is 10.0. The molecule has 1 aliphatic carbocycles. The van der Waals surface area contributed by atoms with Crippen molar-refractivity contribution in [1.82, 2.24) is 9.97 Å². The molecule has 0 saturated heterocycles. The van der Waals surface area contributed by atoms with Crippen molar-refractivity contribution in [1.29, 1.82) is 0 Å². The van der Waals surface area contributed by atoms with E-state index >= 15 is 0 Å². The van der Waals surface area contributed by atoms with Crippen LogP contribution in [0.25, 0.3) is 0 Å². The molecule has 0 fully saturated rings. The van der Waals surface area contributed by atoms with Gasteiger partial charge in [-0.2, -0.15) is 0 Å². The summed E-state index contributed by atoms with van der Waals surface area (Å²) >= 11 is 0. The van der Waals surface area contributed by atoms with Crippen molar-refractivity contribution in [2.75, 3.05) is 10.6 Å². The number of rotatable bonds is 6. The zero-order valence-corrected chi connectivity index (χ0v) is 20.5. The van der Waals surface area contributed by atoms with Crippen molar-refractivity contribution in [2.24, 2.45) is 9.98 Å². The minimum absolute atomic E-state index is 0.711. The molecule has 0 unspecified atom stereocenters. The number of anilines is 4. The van der Waals surface area contributed by atoms with Crippen LogP contribution < -0.4 is 10.6 Å². The van der Waals surface area contributed by atoms with E-state index < -0.39 is 0 Å². The van der Waals surface area contributed by atoms with Crippen LogP contribution in [-0.2, 0) is 0 Å². The third-order valence-corrected chi connectivity index (χ3v) is 5.94. The number of hydrogen-bond acceptors (Lipinski definition) is 6. The van der Waals surface area contributed by atoms with E-state index in [0.717, 1.165) is 45.5 Å². The Balaban J connectivity index is 1.22. The van der Waals surface area contributed by atoms with E-state index in [1.807, 2.05) is 121 Å². The third kappa shape index (κ3) is 5.39. The smallest absolute Gasteiger partial charge is 0.116 e. The van der Waals surface area contributed by atoms with Crippen molar-refractivity contribution in [2.45, 2.75) is 0 Å². The predicted molar refractivity (Wildman–Crippen MR) is 156 cm³/mol. The minimum Gasteiger partial charge on any atom is -0.356 e. The Hall–Kier alpha value is -5.36. The first-order valence-electron chi connectivity index (χ1n) is 12.3. The molecule has 6 nitrogen and oxygen atoms in total. The monoisotopic (exact) mass is 492 g/mol. The second kappa shape index (κ2) is 10.7. The fourth-order valence-corrected chi connectivity index (χ4v) is 4.10. The van der Waals surface area contributed by atoms with Crippen LogP contribution in [0.1, 0.15) is 11.4 Å². The second-order valence-electron chi connectivity index (χ2n) is 8.66. The number of aliphatic imine (C=N–C) groups is 2. The maximum Gasteiger partial charge on any atom is 0.116 e. The Kier molecular flexibility index (Phi) is 6.51. The van der Waals surface area contributed by atoms with Gasteiger partial charge in [0, 0.05) is 35.1 Å². The van der Waals surface area contributed by atoms with Crippen LogP contribution in [0.3, 0.4) is 0 Å². The highest BCUT2D eigenvalue weighted by Crippen LogP contribution is 2.25. The van der Waals surface area contributed by atoms with Gasteiger partial charge in [0.2, 0.25) is 0 Å². The summed E-state index contributed by atoms with van der Waals surface area (Å²) in [6, 6.07) is 36.1. The molecular formula is C32H24N6. The highest BCUT2D eigenvalue weighted by molar-refractivity contribution is 6.24. The molecule has 6 rings (SSSR count). The molecule has 1 aliphatic rings. The van der Waals surface area contributed by atoms with Gasteiger partial charge in [-0.05, 0) is 84.9 Å². The van der Waals surface area contributed by atoms with E-state index in [1.54, 1.807) is 12.4 Å². The van der Waals surface area contributed by atoms with Crippen LogP contribution in [0.15, 0.2) is 144 Å². The Bertz CT molecular complexity index is 1500. The lowest BCUT2D eigenvalue weighted by molar-refractivity contribution is 1.15. The van der Waals surface area contributed by atoms with Gasteiger partial charge in [0.1, 0.15) is 11.4 Å². The fraction of sp³-hybridized carbons (Fsp3) is 0. The van der Waals surface area contributed by atoms with Gasteiger partial charge in [0.05, 0.1) is 22.8 Å². The zero-order valence-electron chi connectivity index (χ0n) is 20.5. The van der Waals surface area contributed by atoms with Gasteiger partial charge in [0.15, 0.2) is 0 Å². The molecular weight excluding hydrogens is 468 g/mol. The highest BCUT2D eigenvalue weighted by atomic mass is 14.9. The summed E-state index contributed by atoms with van der Waals surface area (Å²) in [6.45, 7) is 0. The van der Waals surface area contributed by atoms with Crippen molar-refractivity contribution in [3.63, 3.8) is 0 Å². The number of fused-ring (bicyclic) bond motifs is 1. The molecule has 6 heteroatoms. The highest BCUT2D eigenvalue weighted by Gasteiger charge is 2.19. The van der Waals surface area contributed by atoms with Crippen LogP contribution in [0.5, 0.6) is 0 Å². The van der Waals surface area contributed by atoms with E-state index in [2.05, 4.69) is 20.6 Å². The lowest BCUT2D eigenvalue weighted by Gasteiger charge is -2.13. The summed E-state index contributed by atoms with van der Waals surface area (Å²) in [7, 11) is 0. The van der Waals surface area contributed by atoms with Crippen LogP contribution >= 0.6 is 0 Å². The van der Waals surface area contributed by atoms with Gasteiger partial charge in [0.25, 0.3) is 0 Å². The number of allylic oxidation sites excluding steroid dienone is 2. The average Bonchev–Trinajstić information content (AvgIpc) is 2.97. The molecule has 0 atom stereocenters. The van der Waals surface area contributed by atoms with Gasteiger partial charge in [-0.15, -0.1) is 0 Å². The molecule has 0 radical (unpaired) electrons. The van der Waals surface area contributed by atoms with Gasteiger partial charge in [-0.25, -0.2) is 9.98 Å². The number of nitrogens with zero attached hydrogens (tertiary/aromatic N) is 4. The first-order valence-corrected chi connectivity index (χ1v) is 12.3. The summed E-state index contributed by atoms with van der Waals surface area (Å²) < 4.78 is 0. The SMILES string of the molecule is C1=CC(=Nc2ccc(Nc3ccccc3)cc2)c2nccnc2C1=Nc1ccc(Nc2ccccc2)cc1. The molecule has 0 saturated carbocycles. The van der Waals surface area contributed by atoms with Crippen molar-refractivity contribution >= 4 is 45.5 Å². The van der Waals surface area contributed by atoms with Gasteiger partial charge >= 0.3 is 0 Å². The van der Waals surface area contributed by atoms with E-state index in [-0.39, 0.29) is 0 Å². The fourth-order valence-electron chi connectivity index (χ4n) is 4.10. The molecule has 0 amide bonds. The first-order chi connectivity index (χ1) is 18.8. The number of hydrogen-bond donors (Lipinski definition) is 2. The Labute approximate surface area is 221 Å². The second-order valence-corrected chi connectivity index (χ2v) is 8.66. The van der Waals surface area contributed by atoms with Crippen molar-refractivity contribution in [3.8, 4) is 0 Å². The number of para-hydroxylation sites is 2. The van der Waals surface area contributed by atoms with Gasteiger partial charge < -0.3 is 10.6 Å². The lowest BCUT2D eigenvalue weighted by Crippen LogP contribution is -2.16. The molecule has 0 spiro atoms. The van der Waals surface area contributed by atoms with Crippen LogP contribution in [-0.4, -0.2) is 21.4 Å². The number of nitrogens with one attached hydrogen (secondary N) is 2. The predicted octanol–water partition coefficient (Wildman–Crippen LogP) is 7.78. The molecule has 4 aromatic carbocycles. The van der Waals surface area contributed by atoms with E-state index in [0.29, 0.717) is 11.4 Å². The van der Waals surface area contributed by atoms with Crippen molar-refractivity contribution < 1.29 is 0 Å². The first kappa shape index (κ1) is 23.1. The summed E-state index contributed by atoms with van der Waals surface area (Å²) in [5.41, 5.74) is 8.67. The largest absolute Gasteiger partial charge is 0.356 e. The molecule has 0 aliphatic heterocycles. The number of aromatic nitrogens is 2. The number of benzene rings is 4. The summed E-state index contributed by atoms with van der Waals surface area (Å²) in [5, 5.41) is 6.78. The molecule has 5 aromatic rings. The van der Waals surface area contributed by atoms with Gasteiger partial charge in [-0.1, -0.05) is 36.4 Å². The Morgan fingerprint density at radius 3 is 1.18 bits per heavy atom. The van der Waals surface area contributed by atoms with Crippen molar-refractivity contribution in [3.05, 3.63) is 145 Å². The van der Waals surface area contributed by atoms with E-state index in [1.165, 1.54) is 0 Å². The molecule has 182 valence electrons. The molecule has 2 N–H and O–H groups in total. The maximum absolute atomic E-state index is 4.84. The maximum atomic E-state index is 4.84.